The first kappa shape index (κ1) is 28.5. The number of nitrogens with zero attached hydrogens (tertiary/aromatic N) is 1. The molecular weight excluding hydrogens is 468 g/mol. The molecule has 2 aromatic rings. The molecule has 0 heterocycles. The number of carboxylic acids is 1. The molecule has 3 rings (SSSR count). The van der Waals surface area contributed by atoms with Crippen LogP contribution in [0.25, 0.3) is 0 Å². The first-order valence-electron chi connectivity index (χ1n) is 13.7. The molecule has 2 amide bonds. The maximum absolute atomic E-state index is 13.1. The van der Waals surface area contributed by atoms with Gasteiger partial charge >= 0.3 is 12.0 Å². The fourth-order valence-corrected chi connectivity index (χ4v) is 4.73. The number of amides is 2. The lowest BCUT2D eigenvalue weighted by atomic mass is 9.96. The van der Waals surface area contributed by atoms with E-state index in [0.717, 1.165) is 37.7 Å². The van der Waals surface area contributed by atoms with Crippen molar-refractivity contribution in [3.8, 4) is 5.75 Å². The largest absolute Gasteiger partial charge is 0.492 e. The molecule has 1 unspecified atom stereocenters. The molecular formula is C30H42N2O5. The van der Waals surface area contributed by atoms with Crippen molar-refractivity contribution in [3.63, 3.8) is 0 Å². The Morgan fingerprint density at radius 1 is 0.973 bits per heavy atom. The second-order valence-electron chi connectivity index (χ2n) is 9.69. The highest BCUT2D eigenvalue weighted by Gasteiger charge is 2.20. The van der Waals surface area contributed by atoms with Crippen LogP contribution in [0.2, 0.25) is 0 Å². The van der Waals surface area contributed by atoms with Crippen LogP contribution in [0.15, 0.2) is 54.6 Å². The Kier molecular flexibility index (Phi) is 12.3. The maximum atomic E-state index is 13.1. The minimum Gasteiger partial charge on any atom is -0.492 e. The minimum atomic E-state index is -0.961. The third kappa shape index (κ3) is 10.4. The topological polar surface area (TPSA) is 88.1 Å². The predicted octanol–water partition coefficient (Wildman–Crippen LogP) is 5.46. The number of benzene rings is 2. The molecule has 1 aliphatic rings. The van der Waals surface area contributed by atoms with Crippen LogP contribution in [0.4, 0.5) is 4.79 Å². The summed E-state index contributed by atoms with van der Waals surface area (Å²) in [5.74, 6) is -0.263. The van der Waals surface area contributed by atoms with Crippen LogP contribution >= 0.6 is 0 Å². The average molecular weight is 511 g/mol. The second kappa shape index (κ2) is 15.9. The van der Waals surface area contributed by atoms with Gasteiger partial charge in [0.15, 0.2) is 6.10 Å². The summed E-state index contributed by atoms with van der Waals surface area (Å²) in [4.78, 5) is 26.3. The van der Waals surface area contributed by atoms with Crippen LogP contribution in [0.5, 0.6) is 5.75 Å². The smallest absolute Gasteiger partial charge is 0.333 e. The van der Waals surface area contributed by atoms with Gasteiger partial charge in [0, 0.05) is 25.6 Å². The minimum absolute atomic E-state index is 0.00111. The Hall–Kier alpha value is -3.06. The van der Waals surface area contributed by atoms with Gasteiger partial charge in [-0.2, -0.15) is 0 Å². The van der Waals surface area contributed by atoms with E-state index in [4.69, 9.17) is 9.47 Å². The highest BCUT2D eigenvalue weighted by atomic mass is 16.5. The SMILES string of the molecule is CCOC(Cc1ccc(OCCN(CCCCc2ccccc2)C(=O)NC2CCCCC2)cc1)C(=O)O. The van der Waals surface area contributed by atoms with Crippen LogP contribution in [0.1, 0.15) is 63.0 Å². The Bertz CT molecular complexity index is 929. The average Bonchev–Trinajstić information content (AvgIpc) is 2.91. The molecule has 7 heteroatoms. The van der Waals surface area contributed by atoms with Crippen molar-refractivity contribution in [1.29, 1.82) is 0 Å². The van der Waals surface area contributed by atoms with Crippen LogP contribution < -0.4 is 10.1 Å². The van der Waals surface area contributed by atoms with Gasteiger partial charge in [0.1, 0.15) is 12.4 Å². The summed E-state index contributed by atoms with van der Waals surface area (Å²) in [5.41, 5.74) is 2.20. The molecule has 37 heavy (non-hydrogen) atoms. The number of ether oxygens (including phenoxy) is 2. The zero-order valence-corrected chi connectivity index (χ0v) is 22.1. The van der Waals surface area contributed by atoms with E-state index in [1.165, 1.54) is 24.8 Å². The lowest BCUT2D eigenvalue weighted by Crippen LogP contribution is -2.47. The lowest BCUT2D eigenvalue weighted by Gasteiger charge is -2.28. The van der Waals surface area contributed by atoms with E-state index in [2.05, 4.69) is 29.6 Å². The zero-order valence-electron chi connectivity index (χ0n) is 22.1. The van der Waals surface area contributed by atoms with Crippen LogP contribution in [0, 0.1) is 0 Å². The fourth-order valence-electron chi connectivity index (χ4n) is 4.73. The first-order chi connectivity index (χ1) is 18.0. The number of aliphatic carboxylic acids is 1. The molecule has 0 aliphatic heterocycles. The molecule has 0 bridgehead atoms. The number of aryl methyl sites for hydroxylation is 1. The van der Waals surface area contributed by atoms with E-state index in [1.54, 1.807) is 6.92 Å². The monoisotopic (exact) mass is 510 g/mol. The molecule has 202 valence electrons. The third-order valence-electron chi connectivity index (χ3n) is 6.82. The van der Waals surface area contributed by atoms with Gasteiger partial charge in [0.2, 0.25) is 0 Å². The quantitative estimate of drug-likeness (QED) is 0.311. The summed E-state index contributed by atoms with van der Waals surface area (Å²) in [6.45, 7) is 3.75. The molecule has 7 nitrogen and oxygen atoms in total. The normalized spacial score (nSPS) is 14.6. The number of hydrogen-bond donors (Lipinski definition) is 2. The van der Waals surface area contributed by atoms with Crippen molar-refractivity contribution in [2.45, 2.75) is 76.9 Å². The molecule has 1 atom stereocenters. The van der Waals surface area contributed by atoms with Crippen molar-refractivity contribution in [1.82, 2.24) is 10.2 Å². The third-order valence-corrected chi connectivity index (χ3v) is 6.82. The number of rotatable bonds is 15. The maximum Gasteiger partial charge on any atom is 0.333 e. The summed E-state index contributed by atoms with van der Waals surface area (Å²) >= 11 is 0. The second-order valence-corrected chi connectivity index (χ2v) is 9.69. The van der Waals surface area contributed by atoms with Crippen molar-refractivity contribution >= 4 is 12.0 Å². The van der Waals surface area contributed by atoms with Crippen molar-refractivity contribution < 1.29 is 24.2 Å². The number of carbonyl (C=O) groups excluding carboxylic acids is 1. The summed E-state index contributed by atoms with van der Waals surface area (Å²) in [6, 6.07) is 18.1. The summed E-state index contributed by atoms with van der Waals surface area (Å²) in [7, 11) is 0. The zero-order chi connectivity index (χ0) is 26.3. The van der Waals surface area contributed by atoms with E-state index in [-0.39, 0.29) is 12.1 Å². The standard InChI is InChI=1S/C30H42N2O5/c1-2-36-28(29(33)34)23-25-16-18-27(19-17-25)37-22-21-32(30(35)31-26-14-7-4-8-15-26)20-10-9-13-24-11-5-3-6-12-24/h3,5-6,11-12,16-19,26,28H,2,4,7-10,13-15,20-23H2,1H3,(H,31,35)(H,33,34). The van der Waals surface area contributed by atoms with Crippen LogP contribution in [-0.4, -0.2) is 60.5 Å². The Labute approximate surface area is 221 Å². The van der Waals surface area contributed by atoms with E-state index >= 15 is 0 Å². The summed E-state index contributed by atoms with van der Waals surface area (Å²) in [6.07, 6.45) is 8.16. The number of hydrogen-bond acceptors (Lipinski definition) is 4. The van der Waals surface area contributed by atoms with Gasteiger partial charge < -0.3 is 24.8 Å². The molecule has 1 saturated carbocycles. The Morgan fingerprint density at radius 2 is 1.70 bits per heavy atom. The number of urea groups is 1. The molecule has 2 aromatic carbocycles. The molecule has 0 spiro atoms. The highest BCUT2D eigenvalue weighted by molar-refractivity contribution is 5.74. The van der Waals surface area contributed by atoms with Gasteiger partial charge in [0.05, 0.1) is 6.54 Å². The van der Waals surface area contributed by atoms with Gasteiger partial charge in [0.25, 0.3) is 0 Å². The van der Waals surface area contributed by atoms with Gasteiger partial charge in [-0.3, -0.25) is 0 Å². The molecule has 1 fully saturated rings. The Balaban J connectivity index is 1.48. The predicted molar refractivity (Wildman–Crippen MR) is 145 cm³/mol. The van der Waals surface area contributed by atoms with Gasteiger partial charge in [-0.15, -0.1) is 0 Å². The van der Waals surface area contributed by atoms with Crippen molar-refractivity contribution in [2.24, 2.45) is 0 Å². The Morgan fingerprint density at radius 3 is 2.38 bits per heavy atom. The van der Waals surface area contributed by atoms with Gasteiger partial charge in [-0.25, -0.2) is 9.59 Å². The van der Waals surface area contributed by atoms with Crippen molar-refractivity contribution in [3.05, 3.63) is 65.7 Å². The fraction of sp³-hybridized carbons (Fsp3) is 0.533. The summed E-state index contributed by atoms with van der Waals surface area (Å²) in [5, 5.41) is 12.5. The molecule has 0 saturated heterocycles. The number of carboxylic acid groups (broad SMARTS) is 1. The van der Waals surface area contributed by atoms with Crippen LogP contribution in [0.3, 0.4) is 0 Å². The molecule has 1 aliphatic carbocycles. The number of unbranched alkanes of at least 4 members (excludes halogenated alkanes) is 1. The van der Waals surface area contributed by atoms with Crippen LogP contribution in [-0.2, 0) is 22.4 Å². The molecule has 0 radical (unpaired) electrons. The number of carbonyl (C=O) groups is 2. The van der Waals surface area contributed by atoms with Gasteiger partial charge in [-0.1, -0.05) is 61.7 Å². The van der Waals surface area contributed by atoms with E-state index < -0.39 is 12.1 Å². The van der Waals surface area contributed by atoms with E-state index in [1.807, 2.05) is 35.2 Å². The number of nitrogens with one attached hydrogen (secondary N) is 1. The van der Waals surface area contributed by atoms with Crippen molar-refractivity contribution in [2.75, 3.05) is 26.3 Å². The summed E-state index contributed by atoms with van der Waals surface area (Å²) < 4.78 is 11.2. The van der Waals surface area contributed by atoms with E-state index in [0.29, 0.717) is 38.5 Å². The highest BCUT2D eigenvalue weighted by Crippen LogP contribution is 2.18. The molecule has 2 N–H and O–H groups in total. The molecule has 0 aromatic heterocycles. The lowest BCUT2D eigenvalue weighted by molar-refractivity contribution is -0.149. The van der Waals surface area contributed by atoms with E-state index in [9.17, 15) is 14.7 Å². The first-order valence-corrected chi connectivity index (χ1v) is 13.7. The van der Waals surface area contributed by atoms with Gasteiger partial charge in [-0.05, 0) is 62.3 Å².